The van der Waals surface area contributed by atoms with E-state index >= 15 is 0 Å². The van der Waals surface area contributed by atoms with Gasteiger partial charge in [-0.3, -0.25) is 9.59 Å². The maximum atomic E-state index is 14.4. The molecule has 3 aromatic rings. The fourth-order valence-electron chi connectivity index (χ4n) is 3.52. The van der Waals surface area contributed by atoms with Crippen LogP contribution in [0.5, 0.6) is 11.5 Å². The van der Waals surface area contributed by atoms with Crippen LogP contribution in [0.25, 0.3) is 5.57 Å². The SMILES string of the molecule is O=C1C(Nc2ccc3c(c2)OCO3)=C(c2ccc(F)cc2)C(=O)N1c1cc(F)ccc1F. The fourth-order valence-corrected chi connectivity index (χ4v) is 3.52. The molecule has 160 valence electrons. The van der Waals surface area contributed by atoms with Crippen molar-refractivity contribution in [2.75, 3.05) is 17.0 Å². The zero-order valence-corrected chi connectivity index (χ0v) is 16.2. The number of anilines is 2. The van der Waals surface area contributed by atoms with Gasteiger partial charge < -0.3 is 14.8 Å². The quantitative estimate of drug-likeness (QED) is 0.618. The Hall–Kier alpha value is -4.27. The van der Waals surface area contributed by atoms with Crippen LogP contribution in [-0.2, 0) is 9.59 Å². The number of fused-ring (bicyclic) bond motifs is 1. The lowest BCUT2D eigenvalue weighted by Crippen LogP contribution is -2.33. The third-order valence-corrected chi connectivity index (χ3v) is 5.01. The molecule has 0 aromatic heterocycles. The summed E-state index contributed by atoms with van der Waals surface area (Å²) in [6.07, 6.45) is 0. The number of imide groups is 1. The maximum absolute atomic E-state index is 14.4. The van der Waals surface area contributed by atoms with Crippen LogP contribution >= 0.6 is 0 Å². The highest BCUT2D eigenvalue weighted by molar-refractivity contribution is 6.46. The Kier molecular flexibility index (Phi) is 4.58. The van der Waals surface area contributed by atoms with Gasteiger partial charge in [-0.2, -0.15) is 0 Å². The van der Waals surface area contributed by atoms with Gasteiger partial charge in [0.1, 0.15) is 23.1 Å². The predicted octanol–water partition coefficient (Wildman–Crippen LogP) is 4.23. The molecule has 2 amide bonds. The summed E-state index contributed by atoms with van der Waals surface area (Å²) in [5.74, 6) is -3.13. The first kappa shape index (κ1) is 19.7. The van der Waals surface area contributed by atoms with Crippen LogP contribution in [0.2, 0.25) is 0 Å². The predicted molar refractivity (Wildman–Crippen MR) is 108 cm³/mol. The highest BCUT2D eigenvalue weighted by Gasteiger charge is 2.41. The molecule has 0 bridgehead atoms. The third kappa shape index (κ3) is 3.24. The summed E-state index contributed by atoms with van der Waals surface area (Å²) in [4.78, 5) is 27.0. The van der Waals surface area contributed by atoms with E-state index in [1.165, 1.54) is 12.1 Å². The van der Waals surface area contributed by atoms with Gasteiger partial charge in [-0.1, -0.05) is 12.1 Å². The lowest BCUT2D eigenvalue weighted by atomic mass is 10.0. The number of ether oxygens (including phenoxy) is 2. The molecule has 9 heteroatoms. The van der Waals surface area contributed by atoms with Crippen molar-refractivity contribution in [2.24, 2.45) is 0 Å². The Morgan fingerprint density at radius 2 is 1.50 bits per heavy atom. The number of nitrogens with zero attached hydrogens (tertiary/aromatic N) is 1. The van der Waals surface area contributed by atoms with Gasteiger partial charge in [0, 0.05) is 17.8 Å². The Bertz CT molecular complexity index is 1310. The number of benzene rings is 3. The van der Waals surface area contributed by atoms with Crippen molar-refractivity contribution in [3.05, 3.63) is 89.4 Å². The zero-order chi connectivity index (χ0) is 22.4. The topological polar surface area (TPSA) is 67.9 Å². The first-order valence-corrected chi connectivity index (χ1v) is 9.43. The number of rotatable bonds is 4. The Morgan fingerprint density at radius 3 is 2.28 bits per heavy atom. The second kappa shape index (κ2) is 7.45. The summed E-state index contributed by atoms with van der Waals surface area (Å²) < 4.78 is 52.2. The smallest absolute Gasteiger partial charge is 0.282 e. The molecule has 0 unspecified atom stereocenters. The maximum Gasteiger partial charge on any atom is 0.282 e. The van der Waals surface area contributed by atoms with E-state index in [0.29, 0.717) is 22.1 Å². The molecular weight excluding hydrogens is 425 g/mol. The van der Waals surface area contributed by atoms with Gasteiger partial charge in [0.15, 0.2) is 11.5 Å². The molecule has 0 saturated heterocycles. The minimum absolute atomic E-state index is 0.0480. The molecule has 6 nitrogen and oxygen atoms in total. The monoisotopic (exact) mass is 438 g/mol. The number of amides is 2. The number of hydrogen-bond donors (Lipinski definition) is 1. The number of carbonyl (C=O) groups is 2. The summed E-state index contributed by atoms with van der Waals surface area (Å²) in [6, 6.07) is 12.2. The Balaban J connectivity index is 1.61. The van der Waals surface area contributed by atoms with E-state index in [0.717, 1.165) is 30.3 Å². The van der Waals surface area contributed by atoms with Crippen LogP contribution < -0.4 is 19.7 Å². The van der Waals surface area contributed by atoms with E-state index in [1.54, 1.807) is 18.2 Å². The second-order valence-electron chi connectivity index (χ2n) is 6.99. The van der Waals surface area contributed by atoms with Crippen molar-refractivity contribution < 1.29 is 32.2 Å². The average molecular weight is 438 g/mol. The molecule has 2 aliphatic heterocycles. The highest BCUT2D eigenvalue weighted by Crippen LogP contribution is 2.38. The van der Waals surface area contributed by atoms with Crippen molar-refractivity contribution >= 4 is 28.8 Å². The van der Waals surface area contributed by atoms with E-state index < -0.39 is 35.0 Å². The lowest BCUT2D eigenvalue weighted by Gasteiger charge is -2.16. The van der Waals surface area contributed by atoms with Gasteiger partial charge >= 0.3 is 0 Å². The number of carbonyl (C=O) groups excluding carboxylic acids is 2. The van der Waals surface area contributed by atoms with Crippen molar-refractivity contribution in [3.8, 4) is 11.5 Å². The van der Waals surface area contributed by atoms with Crippen molar-refractivity contribution in [3.63, 3.8) is 0 Å². The molecule has 0 fully saturated rings. The van der Waals surface area contributed by atoms with Gasteiger partial charge in [0.2, 0.25) is 6.79 Å². The lowest BCUT2D eigenvalue weighted by molar-refractivity contribution is -0.120. The molecule has 0 spiro atoms. The molecule has 0 atom stereocenters. The van der Waals surface area contributed by atoms with Crippen molar-refractivity contribution in [2.45, 2.75) is 0 Å². The molecule has 3 aromatic carbocycles. The molecule has 1 N–H and O–H groups in total. The molecule has 0 aliphatic carbocycles. The molecule has 5 rings (SSSR count). The van der Waals surface area contributed by atoms with E-state index in [4.69, 9.17) is 9.47 Å². The van der Waals surface area contributed by atoms with Crippen LogP contribution in [-0.4, -0.2) is 18.6 Å². The fraction of sp³-hybridized carbons (Fsp3) is 0.0435. The largest absolute Gasteiger partial charge is 0.454 e. The van der Waals surface area contributed by atoms with Crippen molar-refractivity contribution in [1.29, 1.82) is 0 Å². The summed E-state index contributed by atoms with van der Waals surface area (Å²) in [5, 5.41) is 2.87. The van der Waals surface area contributed by atoms with Crippen LogP contribution in [0.1, 0.15) is 5.56 Å². The van der Waals surface area contributed by atoms with Gasteiger partial charge in [-0.15, -0.1) is 0 Å². The summed E-state index contributed by atoms with van der Waals surface area (Å²) in [5.41, 5.74) is -0.193. The Labute approximate surface area is 179 Å². The Morgan fingerprint density at radius 1 is 0.781 bits per heavy atom. The molecule has 2 heterocycles. The van der Waals surface area contributed by atoms with Crippen LogP contribution in [0, 0.1) is 17.5 Å². The van der Waals surface area contributed by atoms with Crippen LogP contribution in [0.4, 0.5) is 24.5 Å². The minimum Gasteiger partial charge on any atom is -0.454 e. The van der Waals surface area contributed by atoms with Crippen molar-refractivity contribution in [1.82, 2.24) is 0 Å². The first-order valence-electron chi connectivity index (χ1n) is 9.43. The van der Waals surface area contributed by atoms with Gasteiger partial charge in [-0.05, 0) is 42.0 Å². The third-order valence-electron chi connectivity index (χ3n) is 5.01. The van der Waals surface area contributed by atoms with E-state index in [2.05, 4.69) is 5.32 Å². The van der Waals surface area contributed by atoms with Gasteiger partial charge in [0.25, 0.3) is 11.8 Å². The summed E-state index contributed by atoms with van der Waals surface area (Å²) in [6.45, 7) is 0.0480. The second-order valence-corrected chi connectivity index (χ2v) is 6.99. The van der Waals surface area contributed by atoms with Gasteiger partial charge in [0.05, 0.1) is 11.3 Å². The first-order chi connectivity index (χ1) is 15.4. The zero-order valence-electron chi connectivity index (χ0n) is 16.2. The standard InChI is InChI=1S/C23H13F3N2O4/c24-13-3-1-12(2-4-13)20-21(27-15-6-8-18-19(10-15)32-11-31-18)23(30)28(22(20)29)17-9-14(25)5-7-16(17)26/h1-10,27H,11H2. The molecular formula is C23H13F3N2O4. The number of nitrogens with one attached hydrogen (secondary N) is 1. The van der Waals surface area contributed by atoms with E-state index in [-0.39, 0.29) is 23.6 Å². The molecule has 0 saturated carbocycles. The van der Waals surface area contributed by atoms with E-state index in [1.807, 2.05) is 0 Å². The summed E-state index contributed by atoms with van der Waals surface area (Å²) in [7, 11) is 0. The minimum atomic E-state index is -0.948. The van der Waals surface area contributed by atoms with Crippen LogP contribution in [0.15, 0.2) is 66.4 Å². The summed E-state index contributed by atoms with van der Waals surface area (Å²) >= 11 is 0. The van der Waals surface area contributed by atoms with Crippen LogP contribution in [0.3, 0.4) is 0 Å². The molecule has 32 heavy (non-hydrogen) atoms. The van der Waals surface area contributed by atoms with E-state index in [9.17, 15) is 22.8 Å². The normalized spacial score (nSPS) is 15.0. The average Bonchev–Trinajstić information content (AvgIpc) is 3.33. The molecule has 0 radical (unpaired) electrons. The van der Waals surface area contributed by atoms with Gasteiger partial charge in [-0.25, -0.2) is 18.1 Å². The highest BCUT2D eigenvalue weighted by atomic mass is 19.1. The molecule has 2 aliphatic rings. The number of hydrogen-bond acceptors (Lipinski definition) is 5. The number of halogens is 3.